The number of hydrogen-bond acceptors (Lipinski definition) is 0. The van der Waals surface area contributed by atoms with Crippen molar-refractivity contribution in [1.29, 1.82) is 0 Å². The predicted molar refractivity (Wildman–Crippen MR) is 69.3 cm³/mol. The van der Waals surface area contributed by atoms with Crippen molar-refractivity contribution in [3.63, 3.8) is 0 Å². The summed E-state index contributed by atoms with van der Waals surface area (Å²) in [6.45, 7) is 17.7. The van der Waals surface area contributed by atoms with Crippen molar-refractivity contribution < 1.29 is 19.5 Å². The average Bonchev–Trinajstić information content (AvgIpc) is 2.23. The second-order valence-corrected chi connectivity index (χ2v) is 7.15. The maximum absolute atomic E-state index is 2.23. The molecule has 88 valence electrons. The number of hydrogen-bond donors (Lipinski definition) is 0. The standard InChI is InChI=1S/C10H15.C3H9P.Ru/c1-6-7(2)9(4)10(5)8(6)3;1-4(2)3;/h1-5H3;1-3H3;/q;;+1. The Bertz CT molecular complexity index is 111. The number of rotatable bonds is 0. The van der Waals surface area contributed by atoms with Gasteiger partial charge in [0.25, 0.3) is 0 Å². The van der Waals surface area contributed by atoms with Crippen LogP contribution in [0.15, 0.2) is 0 Å². The van der Waals surface area contributed by atoms with Gasteiger partial charge in [0.05, 0.1) is 0 Å². The third kappa shape index (κ3) is 5.79. The Hall–Kier alpha value is 1.05. The van der Waals surface area contributed by atoms with Crippen LogP contribution < -0.4 is 0 Å². The van der Waals surface area contributed by atoms with Crippen molar-refractivity contribution in [1.82, 2.24) is 0 Å². The van der Waals surface area contributed by atoms with E-state index in [1.54, 1.807) is 0 Å². The van der Waals surface area contributed by atoms with E-state index < -0.39 is 0 Å². The van der Waals surface area contributed by atoms with Gasteiger partial charge in [-0.2, -0.15) is 0 Å². The van der Waals surface area contributed by atoms with E-state index in [4.69, 9.17) is 0 Å². The molecule has 0 heterocycles. The molecular weight excluding hydrogens is 288 g/mol. The van der Waals surface area contributed by atoms with Crippen molar-refractivity contribution in [3.8, 4) is 0 Å². The van der Waals surface area contributed by atoms with E-state index in [0.29, 0.717) is 7.92 Å². The van der Waals surface area contributed by atoms with Gasteiger partial charge in [-0.3, -0.25) is 0 Å². The minimum atomic E-state index is 0. The molecule has 1 aliphatic rings. The smallest absolute Gasteiger partial charge is 0.116 e. The Labute approximate surface area is 112 Å². The molecule has 0 N–H and O–H groups in total. The van der Waals surface area contributed by atoms with Crippen molar-refractivity contribution >= 4 is 7.92 Å². The molecule has 1 saturated carbocycles. The quantitative estimate of drug-likeness (QED) is 0.461. The Morgan fingerprint density at radius 3 is 0.667 bits per heavy atom. The van der Waals surface area contributed by atoms with Crippen molar-refractivity contribution in [2.45, 2.75) is 34.6 Å². The maximum Gasteiger partial charge on any atom is 1.00 e. The molecule has 15 heavy (non-hydrogen) atoms. The van der Waals surface area contributed by atoms with Crippen molar-refractivity contribution in [2.24, 2.45) is 0 Å². The van der Waals surface area contributed by atoms with Gasteiger partial charge in [-0.15, -0.1) is 7.92 Å². The van der Waals surface area contributed by atoms with Crippen LogP contribution in [-0.2, 0) is 19.5 Å². The van der Waals surface area contributed by atoms with Crippen LogP contribution in [0.3, 0.4) is 0 Å². The van der Waals surface area contributed by atoms with Gasteiger partial charge in [-0.1, -0.05) is 34.6 Å². The largest absolute Gasteiger partial charge is 1.00 e. The molecule has 0 unspecified atom stereocenters. The molecule has 1 fully saturated rings. The summed E-state index contributed by atoms with van der Waals surface area (Å²) in [5.41, 5.74) is 0. The van der Waals surface area contributed by atoms with E-state index in [-0.39, 0.29) is 19.5 Å². The molecule has 0 aromatic rings. The zero-order chi connectivity index (χ0) is 11.5. The molecule has 0 spiro atoms. The van der Waals surface area contributed by atoms with E-state index in [1.807, 2.05) is 0 Å². The van der Waals surface area contributed by atoms with E-state index in [9.17, 15) is 0 Å². The van der Waals surface area contributed by atoms with Gasteiger partial charge in [0.15, 0.2) is 0 Å². The second-order valence-electron chi connectivity index (χ2n) is 4.47. The topological polar surface area (TPSA) is 0 Å². The van der Waals surface area contributed by atoms with Gasteiger partial charge in [0.2, 0.25) is 0 Å². The van der Waals surface area contributed by atoms with Crippen LogP contribution in [-0.4, -0.2) is 20.0 Å². The molecule has 0 amide bonds. The molecule has 0 aromatic carbocycles. The summed E-state index contributed by atoms with van der Waals surface area (Å²) >= 11 is 0. The first-order valence-electron chi connectivity index (χ1n) is 5.09. The fourth-order valence-corrected chi connectivity index (χ4v) is 1.41. The van der Waals surface area contributed by atoms with Gasteiger partial charge in [0.1, 0.15) is 0 Å². The zero-order valence-corrected chi connectivity index (χ0v) is 13.9. The normalized spacial score (nSPS) is 21.4. The SMILES string of the molecule is CP(C)C.C[C]1[C](C)[C](C)[C](C)[C]1C.[Ru+]. The molecule has 2 heteroatoms. The van der Waals surface area contributed by atoms with E-state index in [0.717, 1.165) is 0 Å². The van der Waals surface area contributed by atoms with Crippen LogP contribution in [0.1, 0.15) is 34.6 Å². The molecule has 0 atom stereocenters. The van der Waals surface area contributed by atoms with E-state index in [1.165, 1.54) is 29.6 Å². The molecule has 0 saturated heterocycles. The van der Waals surface area contributed by atoms with Crippen LogP contribution in [0.2, 0.25) is 0 Å². The first-order chi connectivity index (χ1) is 6.29. The summed E-state index contributed by atoms with van der Waals surface area (Å²) in [4.78, 5) is 0. The Morgan fingerprint density at radius 2 is 0.600 bits per heavy atom. The van der Waals surface area contributed by atoms with Crippen LogP contribution in [0.4, 0.5) is 0 Å². The summed E-state index contributed by atoms with van der Waals surface area (Å²) in [6, 6.07) is 0. The molecule has 6 radical (unpaired) electrons. The minimum Gasteiger partial charge on any atom is -0.116 e. The molecule has 0 bridgehead atoms. The fourth-order valence-electron chi connectivity index (χ4n) is 1.41. The average molecular weight is 312 g/mol. The summed E-state index contributed by atoms with van der Waals surface area (Å²) in [6.07, 6.45) is 0. The first-order valence-corrected chi connectivity index (χ1v) is 7.77. The van der Waals surface area contributed by atoms with Gasteiger partial charge in [-0.05, 0) is 49.6 Å². The monoisotopic (exact) mass is 313 g/mol. The molecule has 0 aromatic heterocycles. The first kappa shape index (κ1) is 18.4. The zero-order valence-electron chi connectivity index (χ0n) is 11.3. The molecule has 1 rings (SSSR count). The maximum atomic E-state index is 2.23. The van der Waals surface area contributed by atoms with Crippen LogP contribution in [0.25, 0.3) is 0 Å². The van der Waals surface area contributed by atoms with Crippen molar-refractivity contribution in [3.05, 3.63) is 29.6 Å². The van der Waals surface area contributed by atoms with Gasteiger partial charge >= 0.3 is 19.5 Å². The van der Waals surface area contributed by atoms with Crippen molar-refractivity contribution in [2.75, 3.05) is 20.0 Å². The van der Waals surface area contributed by atoms with E-state index >= 15 is 0 Å². The molecule has 1 aliphatic carbocycles. The Morgan fingerprint density at radius 1 is 0.533 bits per heavy atom. The fraction of sp³-hybridized carbons (Fsp3) is 0.615. The summed E-state index contributed by atoms with van der Waals surface area (Å²) in [7, 11) is 0.380. The molecule has 0 aliphatic heterocycles. The van der Waals surface area contributed by atoms with Gasteiger partial charge in [0, 0.05) is 0 Å². The third-order valence-corrected chi connectivity index (χ3v) is 2.81. The van der Waals surface area contributed by atoms with Crippen LogP contribution >= 0.6 is 7.92 Å². The third-order valence-electron chi connectivity index (χ3n) is 2.81. The Kier molecular flexibility index (Phi) is 10.1. The van der Waals surface area contributed by atoms with Crippen LogP contribution in [0, 0.1) is 29.6 Å². The van der Waals surface area contributed by atoms with Crippen LogP contribution in [0.5, 0.6) is 0 Å². The summed E-state index contributed by atoms with van der Waals surface area (Å²) in [5, 5.41) is 0. The predicted octanol–water partition coefficient (Wildman–Crippen LogP) is 4.33. The molecule has 0 nitrogen and oxygen atoms in total. The molecular formula is C13H24PRu+. The summed E-state index contributed by atoms with van der Waals surface area (Å²) < 4.78 is 0. The van der Waals surface area contributed by atoms with Gasteiger partial charge in [-0.25, -0.2) is 0 Å². The summed E-state index contributed by atoms with van der Waals surface area (Å²) in [5.74, 6) is 7.34. The Balaban J connectivity index is 0. The second kappa shape index (κ2) is 8.19. The van der Waals surface area contributed by atoms with E-state index in [2.05, 4.69) is 54.6 Å². The van der Waals surface area contributed by atoms with Gasteiger partial charge < -0.3 is 0 Å². The minimum absolute atomic E-state index is 0.